The Bertz CT molecular complexity index is 329. The lowest BCUT2D eigenvalue weighted by molar-refractivity contribution is -0.136. The Morgan fingerprint density at radius 3 is 2.71 bits per heavy atom. The van der Waals surface area contributed by atoms with Crippen LogP contribution in [0.4, 0.5) is 0 Å². The van der Waals surface area contributed by atoms with Crippen molar-refractivity contribution in [3.8, 4) is 0 Å². The number of hydrogen-bond acceptors (Lipinski definition) is 1. The molecule has 2 nitrogen and oxygen atoms in total. The van der Waals surface area contributed by atoms with E-state index in [0.717, 1.165) is 24.0 Å². The highest BCUT2D eigenvalue weighted by atomic mass is 16.4. The fourth-order valence-electron chi connectivity index (χ4n) is 1.67. The zero-order valence-electron chi connectivity index (χ0n) is 8.71. The average molecular weight is 192 g/mol. The SMILES string of the molecule is CCCc1cccc(C)c1CC(=O)O. The van der Waals surface area contributed by atoms with Crippen molar-refractivity contribution < 1.29 is 9.90 Å². The maximum absolute atomic E-state index is 10.7. The number of aryl methyl sites for hydroxylation is 2. The summed E-state index contributed by atoms with van der Waals surface area (Å²) in [5, 5.41) is 8.78. The minimum atomic E-state index is -0.753. The van der Waals surface area contributed by atoms with E-state index < -0.39 is 5.97 Å². The minimum absolute atomic E-state index is 0.141. The topological polar surface area (TPSA) is 37.3 Å². The van der Waals surface area contributed by atoms with Gasteiger partial charge in [0.25, 0.3) is 0 Å². The van der Waals surface area contributed by atoms with Crippen molar-refractivity contribution in [2.75, 3.05) is 0 Å². The molecule has 0 bridgehead atoms. The van der Waals surface area contributed by atoms with Crippen LogP contribution in [0.15, 0.2) is 18.2 Å². The van der Waals surface area contributed by atoms with Crippen LogP contribution >= 0.6 is 0 Å². The molecule has 0 aromatic heterocycles. The number of benzene rings is 1. The van der Waals surface area contributed by atoms with Crippen LogP contribution in [0.5, 0.6) is 0 Å². The van der Waals surface area contributed by atoms with E-state index in [2.05, 4.69) is 6.92 Å². The summed E-state index contributed by atoms with van der Waals surface area (Å²) in [6.45, 7) is 4.07. The molecule has 1 aromatic rings. The molecule has 0 aliphatic heterocycles. The quantitative estimate of drug-likeness (QED) is 0.796. The summed E-state index contributed by atoms with van der Waals surface area (Å²) in [6.07, 6.45) is 2.16. The van der Waals surface area contributed by atoms with E-state index in [4.69, 9.17) is 5.11 Å². The predicted molar refractivity (Wildman–Crippen MR) is 56.5 cm³/mol. The minimum Gasteiger partial charge on any atom is -0.481 e. The molecule has 0 aliphatic rings. The Kier molecular flexibility index (Phi) is 3.69. The van der Waals surface area contributed by atoms with E-state index in [1.807, 2.05) is 25.1 Å². The molecule has 0 spiro atoms. The molecule has 2 heteroatoms. The van der Waals surface area contributed by atoms with Crippen LogP contribution in [-0.4, -0.2) is 11.1 Å². The van der Waals surface area contributed by atoms with E-state index in [0.29, 0.717) is 0 Å². The molecule has 1 aromatic carbocycles. The van der Waals surface area contributed by atoms with Crippen LogP contribution in [0.25, 0.3) is 0 Å². The zero-order chi connectivity index (χ0) is 10.6. The molecule has 14 heavy (non-hydrogen) atoms. The lowest BCUT2D eigenvalue weighted by atomic mass is 9.96. The van der Waals surface area contributed by atoms with Gasteiger partial charge in [0.15, 0.2) is 0 Å². The second-order valence-electron chi connectivity index (χ2n) is 3.53. The Labute approximate surface area is 84.6 Å². The van der Waals surface area contributed by atoms with E-state index in [1.165, 1.54) is 5.56 Å². The number of carboxylic acid groups (broad SMARTS) is 1. The highest BCUT2D eigenvalue weighted by molar-refractivity contribution is 5.71. The first kappa shape index (κ1) is 10.8. The smallest absolute Gasteiger partial charge is 0.307 e. The Morgan fingerprint density at radius 1 is 1.43 bits per heavy atom. The third-order valence-corrected chi connectivity index (χ3v) is 2.35. The molecule has 0 atom stereocenters. The molecule has 1 N–H and O–H groups in total. The van der Waals surface area contributed by atoms with E-state index >= 15 is 0 Å². The molecular weight excluding hydrogens is 176 g/mol. The van der Waals surface area contributed by atoms with Gasteiger partial charge in [-0.25, -0.2) is 0 Å². The molecule has 0 fully saturated rings. The van der Waals surface area contributed by atoms with Crippen LogP contribution in [-0.2, 0) is 17.6 Å². The molecule has 76 valence electrons. The van der Waals surface area contributed by atoms with E-state index in [9.17, 15) is 4.79 Å². The van der Waals surface area contributed by atoms with Crippen molar-refractivity contribution in [1.29, 1.82) is 0 Å². The fourth-order valence-corrected chi connectivity index (χ4v) is 1.67. The summed E-state index contributed by atoms with van der Waals surface area (Å²) in [5.41, 5.74) is 3.25. The lowest BCUT2D eigenvalue weighted by Crippen LogP contribution is -2.05. The summed E-state index contributed by atoms with van der Waals surface area (Å²) >= 11 is 0. The van der Waals surface area contributed by atoms with Gasteiger partial charge in [-0.2, -0.15) is 0 Å². The van der Waals surface area contributed by atoms with Crippen LogP contribution in [0, 0.1) is 6.92 Å². The molecule has 0 unspecified atom stereocenters. The fraction of sp³-hybridized carbons (Fsp3) is 0.417. The Morgan fingerprint density at radius 2 is 2.14 bits per heavy atom. The van der Waals surface area contributed by atoms with Crippen molar-refractivity contribution in [1.82, 2.24) is 0 Å². The Hall–Kier alpha value is -1.31. The number of aliphatic carboxylic acids is 1. The molecule has 1 rings (SSSR count). The zero-order valence-corrected chi connectivity index (χ0v) is 8.71. The molecule has 0 radical (unpaired) electrons. The van der Waals surface area contributed by atoms with Gasteiger partial charge in [0.2, 0.25) is 0 Å². The van der Waals surface area contributed by atoms with Crippen molar-refractivity contribution >= 4 is 5.97 Å². The van der Waals surface area contributed by atoms with Crippen molar-refractivity contribution in [3.63, 3.8) is 0 Å². The van der Waals surface area contributed by atoms with E-state index in [1.54, 1.807) is 0 Å². The van der Waals surface area contributed by atoms with Crippen molar-refractivity contribution in [3.05, 3.63) is 34.9 Å². The van der Waals surface area contributed by atoms with Gasteiger partial charge in [0, 0.05) is 0 Å². The number of carbonyl (C=O) groups is 1. The molecular formula is C12H16O2. The van der Waals surface area contributed by atoms with Gasteiger partial charge in [0.05, 0.1) is 6.42 Å². The van der Waals surface area contributed by atoms with Crippen LogP contribution in [0.3, 0.4) is 0 Å². The summed E-state index contributed by atoms with van der Waals surface area (Å²) < 4.78 is 0. The van der Waals surface area contributed by atoms with Crippen molar-refractivity contribution in [2.24, 2.45) is 0 Å². The predicted octanol–water partition coefficient (Wildman–Crippen LogP) is 2.57. The Balaban J connectivity index is 3.02. The number of rotatable bonds is 4. The van der Waals surface area contributed by atoms with Gasteiger partial charge in [0.1, 0.15) is 0 Å². The molecule has 0 aliphatic carbocycles. The molecule has 0 saturated carbocycles. The monoisotopic (exact) mass is 192 g/mol. The van der Waals surface area contributed by atoms with Crippen molar-refractivity contribution in [2.45, 2.75) is 33.1 Å². The first-order chi connectivity index (χ1) is 6.65. The van der Waals surface area contributed by atoms with Gasteiger partial charge in [-0.15, -0.1) is 0 Å². The molecule has 0 amide bonds. The maximum atomic E-state index is 10.7. The number of carboxylic acids is 1. The first-order valence-corrected chi connectivity index (χ1v) is 4.94. The first-order valence-electron chi connectivity index (χ1n) is 4.94. The van der Waals surface area contributed by atoms with Gasteiger partial charge in [-0.3, -0.25) is 4.79 Å². The van der Waals surface area contributed by atoms with E-state index in [-0.39, 0.29) is 6.42 Å². The van der Waals surface area contributed by atoms with Gasteiger partial charge in [-0.05, 0) is 30.0 Å². The lowest BCUT2D eigenvalue weighted by Gasteiger charge is -2.09. The molecule has 0 saturated heterocycles. The molecule has 0 heterocycles. The van der Waals surface area contributed by atoms with Gasteiger partial charge in [-0.1, -0.05) is 31.5 Å². The summed E-state index contributed by atoms with van der Waals surface area (Å²) in [5.74, 6) is -0.753. The summed E-state index contributed by atoms with van der Waals surface area (Å²) in [4.78, 5) is 10.7. The van der Waals surface area contributed by atoms with Crippen LogP contribution in [0.1, 0.15) is 30.0 Å². The largest absolute Gasteiger partial charge is 0.481 e. The standard InChI is InChI=1S/C12H16O2/c1-3-5-10-7-4-6-9(2)11(10)8-12(13)14/h4,6-7H,3,5,8H2,1-2H3,(H,13,14). The number of hydrogen-bond donors (Lipinski definition) is 1. The van der Waals surface area contributed by atoms with Crippen LogP contribution in [0.2, 0.25) is 0 Å². The second-order valence-corrected chi connectivity index (χ2v) is 3.53. The van der Waals surface area contributed by atoms with Gasteiger partial charge >= 0.3 is 5.97 Å². The average Bonchev–Trinajstić information content (AvgIpc) is 2.11. The second kappa shape index (κ2) is 4.80. The highest BCUT2D eigenvalue weighted by Gasteiger charge is 2.08. The summed E-state index contributed by atoms with van der Waals surface area (Å²) in [7, 11) is 0. The summed E-state index contributed by atoms with van der Waals surface area (Å²) in [6, 6.07) is 5.98. The normalized spacial score (nSPS) is 10.1. The third kappa shape index (κ3) is 2.59. The maximum Gasteiger partial charge on any atom is 0.307 e. The van der Waals surface area contributed by atoms with Crippen LogP contribution < -0.4 is 0 Å². The van der Waals surface area contributed by atoms with Gasteiger partial charge < -0.3 is 5.11 Å². The highest BCUT2D eigenvalue weighted by Crippen LogP contribution is 2.16. The third-order valence-electron chi connectivity index (χ3n) is 2.35.